The molecule has 3 rings (SSSR count). The third-order valence-electron chi connectivity index (χ3n) is 4.54. The number of aromatic carboxylic acids is 1. The lowest BCUT2D eigenvalue weighted by Crippen LogP contribution is -2.53. The second-order valence-corrected chi connectivity index (χ2v) is 6.69. The molecule has 114 valence electrons. The van der Waals surface area contributed by atoms with Crippen LogP contribution < -0.4 is 0 Å². The SMILES string of the molecule is CN1CCCC2CN(C(=O)c3csc(C(=O)O)n3)CCC21. The number of carboxylic acid groups (broad SMARTS) is 1. The highest BCUT2D eigenvalue weighted by Gasteiger charge is 2.36. The maximum absolute atomic E-state index is 12.5. The molecule has 21 heavy (non-hydrogen) atoms. The van der Waals surface area contributed by atoms with Crippen LogP contribution in [0.3, 0.4) is 0 Å². The first-order chi connectivity index (χ1) is 10.1. The molecule has 2 saturated heterocycles. The number of rotatable bonds is 2. The molecule has 2 atom stereocenters. The van der Waals surface area contributed by atoms with E-state index in [9.17, 15) is 9.59 Å². The Hall–Kier alpha value is -1.47. The molecular weight excluding hydrogens is 290 g/mol. The highest BCUT2D eigenvalue weighted by atomic mass is 32.1. The molecule has 1 amide bonds. The first-order valence-electron chi connectivity index (χ1n) is 7.24. The van der Waals surface area contributed by atoms with E-state index in [4.69, 9.17) is 5.11 Å². The van der Waals surface area contributed by atoms with Crippen molar-refractivity contribution in [3.63, 3.8) is 0 Å². The molecule has 0 saturated carbocycles. The van der Waals surface area contributed by atoms with Gasteiger partial charge in [0.25, 0.3) is 5.91 Å². The fraction of sp³-hybridized carbons (Fsp3) is 0.643. The maximum Gasteiger partial charge on any atom is 0.365 e. The first-order valence-corrected chi connectivity index (χ1v) is 8.12. The lowest BCUT2D eigenvalue weighted by Gasteiger charge is -2.45. The molecule has 3 heterocycles. The van der Waals surface area contributed by atoms with Crippen LogP contribution in [0.1, 0.15) is 39.6 Å². The molecule has 2 aliphatic heterocycles. The molecule has 7 heteroatoms. The number of piperidine rings is 2. The summed E-state index contributed by atoms with van der Waals surface area (Å²) in [5, 5.41) is 10.4. The molecule has 1 aromatic heterocycles. The van der Waals surface area contributed by atoms with Gasteiger partial charge in [0.15, 0.2) is 0 Å². The zero-order valence-corrected chi connectivity index (χ0v) is 12.8. The van der Waals surface area contributed by atoms with Gasteiger partial charge in [-0.15, -0.1) is 11.3 Å². The summed E-state index contributed by atoms with van der Waals surface area (Å²) in [7, 11) is 2.16. The van der Waals surface area contributed by atoms with Crippen molar-refractivity contribution in [2.24, 2.45) is 5.92 Å². The number of hydrogen-bond acceptors (Lipinski definition) is 5. The zero-order valence-electron chi connectivity index (χ0n) is 12.0. The van der Waals surface area contributed by atoms with Crippen molar-refractivity contribution in [1.29, 1.82) is 0 Å². The lowest BCUT2D eigenvalue weighted by molar-refractivity contribution is 0.0313. The van der Waals surface area contributed by atoms with Crippen LogP contribution in [0.15, 0.2) is 5.38 Å². The van der Waals surface area contributed by atoms with Crippen molar-refractivity contribution >= 4 is 23.2 Å². The predicted molar refractivity (Wildman–Crippen MR) is 78.7 cm³/mol. The number of nitrogens with zero attached hydrogens (tertiary/aromatic N) is 3. The van der Waals surface area contributed by atoms with Gasteiger partial charge in [0.2, 0.25) is 5.01 Å². The minimum atomic E-state index is -1.08. The third-order valence-corrected chi connectivity index (χ3v) is 5.37. The number of likely N-dealkylation sites (tertiary alicyclic amines) is 2. The van der Waals surface area contributed by atoms with Crippen molar-refractivity contribution in [2.75, 3.05) is 26.7 Å². The van der Waals surface area contributed by atoms with Crippen LogP contribution in [0.25, 0.3) is 0 Å². The van der Waals surface area contributed by atoms with E-state index in [0.29, 0.717) is 12.0 Å². The number of thiazole rings is 1. The van der Waals surface area contributed by atoms with Crippen molar-refractivity contribution in [2.45, 2.75) is 25.3 Å². The van der Waals surface area contributed by atoms with Gasteiger partial charge in [-0.1, -0.05) is 0 Å². The number of aromatic nitrogens is 1. The first kappa shape index (κ1) is 14.5. The van der Waals surface area contributed by atoms with Gasteiger partial charge in [-0.05, 0) is 38.8 Å². The Kier molecular flexibility index (Phi) is 3.95. The predicted octanol–water partition coefficient (Wildman–Crippen LogP) is 1.40. The van der Waals surface area contributed by atoms with Gasteiger partial charge in [0, 0.05) is 24.5 Å². The number of carboxylic acids is 1. The monoisotopic (exact) mass is 309 g/mol. The lowest BCUT2D eigenvalue weighted by atomic mass is 9.84. The third kappa shape index (κ3) is 2.80. The second-order valence-electron chi connectivity index (χ2n) is 5.83. The fourth-order valence-electron chi connectivity index (χ4n) is 3.47. The number of carbonyl (C=O) groups excluding carboxylic acids is 1. The van der Waals surface area contributed by atoms with E-state index in [0.717, 1.165) is 43.8 Å². The van der Waals surface area contributed by atoms with Gasteiger partial charge in [-0.2, -0.15) is 0 Å². The van der Waals surface area contributed by atoms with Crippen LogP contribution in [0.5, 0.6) is 0 Å². The molecule has 2 aliphatic rings. The summed E-state index contributed by atoms with van der Waals surface area (Å²) in [6, 6.07) is 0.577. The van der Waals surface area contributed by atoms with Crippen molar-refractivity contribution in [1.82, 2.24) is 14.8 Å². The summed E-state index contributed by atoms with van der Waals surface area (Å²) in [6.07, 6.45) is 3.33. The Morgan fingerprint density at radius 2 is 2.19 bits per heavy atom. The molecule has 0 bridgehead atoms. The van der Waals surface area contributed by atoms with Crippen LogP contribution in [-0.4, -0.2) is 64.5 Å². The normalized spacial score (nSPS) is 26.4. The number of amides is 1. The minimum Gasteiger partial charge on any atom is -0.476 e. The summed E-state index contributed by atoms with van der Waals surface area (Å²) in [5.74, 6) is -0.684. The van der Waals surface area contributed by atoms with Gasteiger partial charge in [0.05, 0.1) is 0 Å². The zero-order chi connectivity index (χ0) is 15.0. The Morgan fingerprint density at radius 3 is 2.90 bits per heavy atom. The largest absolute Gasteiger partial charge is 0.476 e. The molecule has 1 aromatic rings. The van der Waals surface area contributed by atoms with E-state index >= 15 is 0 Å². The van der Waals surface area contributed by atoms with Crippen LogP contribution in [0.4, 0.5) is 0 Å². The van der Waals surface area contributed by atoms with Gasteiger partial charge >= 0.3 is 5.97 Å². The van der Waals surface area contributed by atoms with E-state index in [-0.39, 0.29) is 16.6 Å². The average molecular weight is 309 g/mol. The van der Waals surface area contributed by atoms with Gasteiger partial charge in [-0.25, -0.2) is 9.78 Å². The molecule has 6 nitrogen and oxygen atoms in total. The fourth-order valence-corrected chi connectivity index (χ4v) is 4.10. The summed E-state index contributed by atoms with van der Waals surface area (Å²) < 4.78 is 0. The molecule has 1 N–H and O–H groups in total. The van der Waals surface area contributed by atoms with Gasteiger partial charge in [0.1, 0.15) is 5.69 Å². The Morgan fingerprint density at radius 1 is 1.38 bits per heavy atom. The molecule has 0 spiro atoms. The van der Waals surface area contributed by atoms with Gasteiger partial charge < -0.3 is 14.9 Å². The summed E-state index contributed by atoms with van der Waals surface area (Å²) >= 11 is 1.01. The smallest absolute Gasteiger partial charge is 0.365 e. The number of carbonyl (C=O) groups is 2. The van der Waals surface area contributed by atoms with E-state index in [1.54, 1.807) is 5.38 Å². The Bertz CT molecular complexity index is 559. The maximum atomic E-state index is 12.5. The highest BCUT2D eigenvalue weighted by molar-refractivity contribution is 7.11. The summed E-state index contributed by atoms with van der Waals surface area (Å²) in [4.78, 5) is 31.5. The minimum absolute atomic E-state index is 0.0226. The topological polar surface area (TPSA) is 73.7 Å². The standard InChI is InChI=1S/C14H19N3O3S/c1-16-5-2-3-9-7-17(6-4-11(9)16)13(18)10-8-21-12(15-10)14(19)20/h8-9,11H,2-7H2,1H3,(H,19,20). The van der Waals surface area contributed by atoms with Crippen LogP contribution in [-0.2, 0) is 0 Å². The van der Waals surface area contributed by atoms with Crippen LogP contribution in [0, 0.1) is 5.92 Å². The van der Waals surface area contributed by atoms with Gasteiger partial charge in [-0.3, -0.25) is 4.79 Å². The average Bonchev–Trinajstić information content (AvgIpc) is 2.96. The molecule has 0 aliphatic carbocycles. The summed E-state index contributed by atoms with van der Waals surface area (Å²) in [6.45, 7) is 2.63. The van der Waals surface area contributed by atoms with E-state index < -0.39 is 5.97 Å². The van der Waals surface area contributed by atoms with Crippen molar-refractivity contribution < 1.29 is 14.7 Å². The van der Waals surface area contributed by atoms with E-state index in [1.165, 1.54) is 6.42 Å². The number of fused-ring (bicyclic) bond motifs is 1. The van der Waals surface area contributed by atoms with E-state index in [1.807, 2.05) is 4.90 Å². The molecule has 2 unspecified atom stereocenters. The number of hydrogen-bond donors (Lipinski definition) is 1. The summed E-state index contributed by atoms with van der Waals surface area (Å²) in [5.41, 5.74) is 0.264. The molecule has 2 fully saturated rings. The van der Waals surface area contributed by atoms with Crippen molar-refractivity contribution in [3.8, 4) is 0 Å². The highest BCUT2D eigenvalue weighted by Crippen LogP contribution is 2.30. The second kappa shape index (κ2) is 5.73. The van der Waals surface area contributed by atoms with E-state index in [2.05, 4.69) is 16.9 Å². The molecular formula is C14H19N3O3S. The van der Waals surface area contributed by atoms with Crippen LogP contribution >= 0.6 is 11.3 Å². The molecule has 0 aromatic carbocycles. The Labute approximate surface area is 127 Å². The van der Waals surface area contributed by atoms with Crippen LogP contribution in [0.2, 0.25) is 0 Å². The Balaban J connectivity index is 1.69. The van der Waals surface area contributed by atoms with Crippen molar-refractivity contribution in [3.05, 3.63) is 16.1 Å². The molecule has 0 radical (unpaired) electrons. The quantitative estimate of drug-likeness (QED) is 0.894.